The van der Waals surface area contributed by atoms with Crippen LogP contribution in [0.25, 0.3) is 0 Å². The number of rotatable bonds is 5. The molecule has 1 rings (SSSR count). The molecule has 0 aromatic heterocycles. The minimum absolute atomic E-state index is 0.149. The summed E-state index contributed by atoms with van der Waals surface area (Å²) in [5, 5.41) is 17.4. The molecule has 104 valence electrons. The molecule has 18 heavy (non-hydrogen) atoms. The van der Waals surface area contributed by atoms with E-state index in [1.165, 1.54) is 0 Å². The maximum Gasteiger partial charge on any atom is 0.466 e. The summed E-state index contributed by atoms with van der Waals surface area (Å²) < 4.78 is 14.1. The quantitative estimate of drug-likeness (QED) is 0.465. The lowest BCUT2D eigenvalue weighted by atomic mass is 10.2. The molecule has 0 aliphatic heterocycles. The Labute approximate surface area is 105 Å². The van der Waals surface area contributed by atoms with E-state index in [-0.39, 0.29) is 13.2 Å². The highest BCUT2D eigenvalue weighted by molar-refractivity contribution is 7.45. The molecule has 0 unspecified atom stereocenters. The molecule has 1 aromatic carbocycles. The van der Waals surface area contributed by atoms with Crippen LogP contribution in [0.4, 0.5) is 0 Å². The highest BCUT2D eigenvalue weighted by Gasteiger charge is 2.04. The number of phosphoric acid groups is 1. The van der Waals surface area contributed by atoms with E-state index in [1.54, 1.807) is 0 Å². The first-order valence-electron chi connectivity index (χ1n) is 5.02. The van der Waals surface area contributed by atoms with Crippen molar-refractivity contribution in [1.29, 1.82) is 0 Å². The van der Waals surface area contributed by atoms with E-state index in [1.807, 2.05) is 30.3 Å². The Hall–Kier alpha value is -0.790. The second-order valence-corrected chi connectivity index (χ2v) is 4.32. The fourth-order valence-electron chi connectivity index (χ4n) is 0.951. The van der Waals surface area contributed by atoms with Gasteiger partial charge in [-0.1, -0.05) is 30.3 Å². The van der Waals surface area contributed by atoms with Crippen LogP contribution < -0.4 is 0 Å². The molecule has 0 amide bonds. The van der Waals surface area contributed by atoms with Crippen molar-refractivity contribution in [2.24, 2.45) is 0 Å². The maximum atomic E-state index is 8.88. The van der Waals surface area contributed by atoms with Crippen LogP contribution in [0.1, 0.15) is 5.56 Å². The summed E-state index contributed by atoms with van der Waals surface area (Å²) in [6.45, 7) is 0.124. The third kappa shape index (κ3) is 11.7. The van der Waals surface area contributed by atoms with Gasteiger partial charge in [-0.15, -0.1) is 0 Å². The van der Waals surface area contributed by atoms with Gasteiger partial charge in [0.25, 0.3) is 0 Å². The third-order valence-electron chi connectivity index (χ3n) is 1.74. The number of benzene rings is 1. The predicted octanol–water partition coefficient (Wildman–Crippen LogP) is -0.372. The van der Waals surface area contributed by atoms with Gasteiger partial charge < -0.3 is 29.6 Å². The van der Waals surface area contributed by atoms with Gasteiger partial charge in [0, 0.05) is 0 Å². The van der Waals surface area contributed by atoms with Gasteiger partial charge >= 0.3 is 7.82 Å². The molecule has 1 aromatic rings. The first-order valence-corrected chi connectivity index (χ1v) is 6.59. The van der Waals surface area contributed by atoms with Crippen LogP contribution in [0, 0.1) is 0 Å². The lowest BCUT2D eigenvalue weighted by molar-refractivity contribution is -0.0284. The molecule has 0 atom stereocenters. The molecular weight excluding hydrogens is 263 g/mol. The molecule has 0 radical (unpaired) electrons. The first-order chi connectivity index (χ1) is 8.36. The number of ether oxygens (including phenoxy) is 1. The van der Waals surface area contributed by atoms with Gasteiger partial charge in [-0.2, -0.15) is 0 Å². The van der Waals surface area contributed by atoms with Crippen LogP contribution >= 0.6 is 7.82 Å². The number of hydrogen-bond acceptors (Lipinski definition) is 4. The maximum absolute atomic E-state index is 8.88. The zero-order valence-corrected chi connectivity index (χ0v) is 10.5. The molecule has 7 nitrogen and oxygen atoms in total. The van der Waals surface area contributed by atoms with Gasteiger partial charge in [0.1, 0.15) is 6.10 Å². The van der Waals surface area contributed by atoms with Gasteiger partial charge in [-0.25, -0.2) is 4.57 Å². The Kier molecular flexibility index (Phi) is 8.78. The monoisotopic (exact) mass is 280 g/mol. The van der Waals surface area contributed by atoms with Gasteiger partial charge in [0.05, 0.1) is 19.8 Å². The topological polar surface area (TPSA) is 127 Å². The number of hydrogen-bond donors (Lipinski definition) is 5. The summed E-state index contributed by atoms with van der Waals surface area (Å²) in [7, 11) is -4.64. The van der Waals surface area contributed by atoms with Crippen LogP contribution in [-0.2, 0) is 15.9 Å². The lowest BCUT2D eigenvalue weighted by Gasteiger charge is -2.11. The normalized spacial score (nSPS) is 11.0. The molecular formula is C10H17O7P. The lowest BCUT2D eigenvalue weighted by Crippen LogP contribution is -2.21. The van der Waals surface area contributed by atoms with Gasteiger partial charge in [-0.05, 0) is 5.56 Å². The zero-order chi connectivity index (χ0) is 14.0. The molecule has 0 saturated heterocycles. The molecule has 5 N–H and O–H groups in total. The van der Waals surface area contributed by atoms with Crippen LogP contribution in [-0.4, -0.2) is 44.2 Å². The summed E-state index contributed by atoms with van der Waals surface area (Å²) in [5.74, 6) is 0. The Morgan fingerprint density at radius 1 is 1.06 bits per heavy atom. The average molecular weight is 280 g/mol. The molecule has 0 bridgehead atoms. The standard InChI is InChI=1S/C10H14O3.H3O4P/c11-6-10(7-12)13-8-9-4-2-1-3-5-9;1-5(2,3)4/h1-5,10-12H,6-8H2;(H3,1,2,3,4). The highest BCUT2D eigenvalue weighted by Crippen LogP contribution is 2.25. The van der Waals surface area contributed by atoms with Crippen LogP contribution in [0.3, 0.4) is 0 Å². The summed E-state index contributed by atoms with van der Waals surface area (Å²) in [6.07, 6.45) is -0.472. The summed E-state index contributed by atoms with van der Waals surface area (Å²) in [6, 6.07) is 9.65. The van der Waals surface area contributed by atoms with E-state index < -0.39 is 13.9 Å². The van der Waals surface area contributed by atoms with Gasteiger partial charge in [-0.3, -0.25) is 0 Å². The second kappa shape index (κ2) is 9.18. The summed E-state index contributed by atoms with van der Waals surface area (Å²) in [4.78, 5) is 21.6. The van der Waals surface area contributed by atoms with E-state index in [9.17, 15) is 0 Å². The second-order valence-electron chi connectivity index (χ2n) is 3.30. The number of aliphatic hydroxyl groups excluding tert-OH is 2. The molecule has 0 spiro atoms. The minimum atomic E-state index is -4.64. The third-order valence-corrected chi connectivity index (χ3v) is 1.74. The average Bonchev–Trinajstić information content (AvgIpc) is 2.29. The Balaban J connectivity index is 0.000000494. The molecule has 0 saturated carbocycles. The Morgan fingerprint density at radius 3 is 1.89 bits per heavy atom. The van der Waals surface area contributed by atoms with Crippen molar-refractivity contribution in [3.05, 3.63) is 35.9 Å². The fraction of sp³-hybridized carbons (Fsp3) is 0.400. The van der Waals surface area contributed by atoms with Gasteiger partial charge in [0.15, 0.2) is 0 Å². The Morgan fingerprint density at radius 2 is 1.50 bits per heavy atom. The van der Waals surface area contributed by atoms with E-state index in [4.69, 9.17) is 34.2 Å². The zero-order valence-electron chi connectivity index (χ0n) is 9.59. The molecule has 0 heterocycles. The largest absolute Gasteiger partial charge is 0.466 e. The van der Waals surface area contributed by atoms with E-state index in [0.717, 1.165) is 5.56 Å². The molecule has 0 fully saturated rings. The SMILES string of the molecule is O=P(O)(O)O.OCC(CO)OCc1ccccc1. The van der Waals surface area contributed by atoms with Crippen molar-refractivity contribution < 1.29 is 34.2 Å². The molecule has 0 aliphatic rings. The molecule has 8 heteroatoms. The summed E-state index contributed by atoms with van der Waals surface area (Å²) >= 11 is 0. The summed E-state index contributed by atoms with van der Waals surface area (Å²) in [5.41, 5.74) is 1.04. The van der Waals surface area contributed by atoms with Crippen LogP contribution in [0.15, 0.2) is 30.3 Å². The van der Waals surface area contributed by atoms with Crippen molar-refractivity contribution in [2.75, 3.05) is 13.2 Å². The molecule has 0 aliphatic carbocycles. The first kappa shape index (κ1) is 17.2. The fourth-order valence-corrected chi connectivity index (χ4v) is 0.951. The van der Waals surface area contributed by atoms with Crippen molar-refractivity contribution in [2.45, 2.75) is 12.7 Å². The van der Waals surface area contributed by atoms with Crippen molar-refractivity contribution in [1.82, 2.24) is 0 Å². The smallest absolute Gasteiger partial charge is 0.394 e. The predicted molar refractivity (Wildman–Crippen MR) is 63.5 cm³/mol. The van der Waals surface area contributed by atoms with E-state index in [2.05, 4.69) is 0 Å². The highest BCUT2D eigenvalue weighted by atomic mass is 31.2. The number of aliphatic hydroxyl groups is 2. The van der Waals surface area contributed by atoms with E-state index in [0.29, 0.717) is 6.61 Å². The van der Waals surface area contributed by atoms with Gasteiger partial charge in [0.2, 0.25) is 0 Å². The van der Waals surface area contributed by atoms with Crippen LogP contribution in [0.2, 0.25) is 0 Å². The van der Waals surface area contributed by atoms with E-state index >= 15 is 0 Å². The van der Waals surface area contributed by atoms with Crippen LogP contribution in [0.5, 0.6) is 0 Å². The van der Waals surface area contributed by atoms with Crippen molar-refractivity contribution >= 4 is 7.82 Å². The Bertz CT molecular complexity index is 338. The van der Waals surface area contributed by atoms with Crippen molar-refractivity contribution in [3.8, 4) is 0 Å². The minimum Gasteiger partial charge on any atom is -0.394 e. The van der Waals surface area contributed by atoms with Crippen molar-refractivity contribution in [3.63, 3.8) is 0 Å².